The van der Waals surface area contributed by atoms with Gasteiger partial charge in [0.15, 0.2) is 0 Å². The molecular weight excluding hydrogens is 252 g/mol. The molecule has 4 heteroatoms. The summed E-state index contributed by atoms with van der Waals surface area (Å²) in [5, 5.41) is 6.22. The number of hydrogen-bond donors (Lipinski definition) is 2. The van der Waals surface area contributed by atoms with Crippen molar-refractivity contribution in [3.63, 3.8) is 0 Å². The number of amides is 1. The first-order chi connectivity index (χ1) is 9.44. The Balaban J connectivity index is 1.91. The zero-order valence-electron chi connectivity index (χ0n) is 12.5. The second-order valence-electron chi connectivity index (χ2n) is 6.27. The molecule has 0 bridgehead atoms. The number of ether oxygens (including phenoxy) is 1. The molecule has 1 aromatic carbocycles. The molecule has 2 rings (SSSR count). The van der Waals surface area contributed by atoms with Crippen LogP contribution in [0, 0.1) is 5.92 Å². The van der Waals surface area contributed by atoms with Crippen LogP contribution in [0.25, 0.3) is 0 Å². The van der Waals surface area contributed by atoms with E-state index in [-0.39, 0.29) is 17.4 Å². The smallest absolute Gasteiger partial charge is 0.228 e. The Morgan fingerprint density at radius 2 is 2.00 bits per heavy atom. The summed E-state index contributed by atoms with van der Waals surface area (Å²) in [7, 11) is 0. The third-order valence-electron chi connectivity index (χ3n) is 3.21. The van der Waals surface area contributed by atoms with Gasteiger partial charge >= 0.3 is 0 Å². The SMILES string of the molecule is CC(C)(C)Oc1ccc(NC(=O)C2CCCNC2)cc1. The van der Waals surface area contributed by atoms with E-state index in [1.807, 2.05) is 45.0 Å². The van der Waals surface area contributed by atoms with E-state index in [1.165, 1.54) is 0 Å². The fraction of sp³-hybridized carbons (Fsp3) is 0.562. The first kappa shape index (κ1) is 14.9. The van der Waals surface area contributed by atoms with Crippen molar-refractivity contribution in [2.75, 3.05) is 18.4 Å². The number of carbonyl (C=O) groups is 1. The van der Waals surface area contributed by atoms with Crippen molar-refractivity contribution < 1.29 is 9.53 Å². The summed E-state index contributed by atoms with van der Waals surface area (Å²) in [5.74, 6) is 0.991. The zero-order valence-corrected chi connectivity index (χ0v) is 12.5. The Kier molecular flexibility index (Phi) is 4.65. The molecule has 0 aromatic heterocycles. The minimum Gasteiger partial charge on any atom is -0.488 e. The van der Waals surface area contributed by atoms with Gasteiger partial charge in [0.1, 0.15) is 11.4 Å². The highest BCUT2D eigenvalue weighted by atomic mass is 16.5. The molecule has 2 N–H and O–H groups in total. The van der Waals surface area contributed by atoms with Crippen molar-refractivity contribution in [2.45, 2.75) is 39.2 Å². The van der Waals surface area contributed by atoms with Crippen molar-refractivity contribution in [2.24, 2.45) is 5.92 Å². The Hall–Kier alpha value is -1.55. The average molecular weight is 276 g/mol. The molecule has 110 valence electrons. The molecule has 1 fully saturated rings. The number of carbonyl (C=O) groups excluding carboxylic acids is 1. The van der Waals surface area contributed by atoms with Crippen LogP contribution < -0.4 is 15.4 Å². The summed E-state index contributed by atoms with van der Waals surface area (Å²) in [6.45, 7) is 7.83. The van der Waals surface area contributed by atoms with E-state index in [4.69, 9.17) is 4.74 Å². The number of nitrogens with one attached hydrogen (secondary N) is 2. The molecule has 4 nitrogen and oxygen atoms in total. The maximum Gasteiger partial charge on any atom is 0.228 e. The topological polar surface area (TPSA) is 50.4 Å². The Morgan fingerprint density at radius 1 is 1.30 bits per heavy atom. The van der Waals surface area contributed by atoms with E-state index in [2.05, 4.69) is 10.6 Å². The maximum atomic E-state index is 12.1. The predicted octanol–water partition coefficient (Wildman–Crippen LogP) is 2.80. The summed E-state index contributed by atoms with van der Waals surface area (Å²) in [4.78, 5) is 12.1. The molecule has 1 aliphatic heterocycles. The molecule has 1 heterocycles. The molecule has 1 aromatic rings. The molecule has 0 aliphatic carbocycles. The largest absolute Gasteiger partial charge is 0.488 e. The Morgan fingerprint density at radius 3 is 2.55 bits per heavy atom. The van der Waals surface area contributed by atoms with Gasteiger partial charge in [-0.15, -0.1) is 0 Å². The minimum atomic E-state index is -0.210. The minimum absolute atomic E-state index is 0.0780. The molecule has 1 amide bonds. The van der Waals surface area contributed by atoms with E-state index in [9.17, 15) is 4.79 Å². The number of anilines is 1. The lowest BCUT2D eigenvalue weighted by Gasteiger charge is -2.23. The lowest BCUT2D eigenvalue weighted by Crippen LogP contribution is -2.37. The van der Waals surface area contributed by atoms with Gasteiger partial charge in [-0.2, -0.15) is 0 Å². The summed E-state index contributed by atoms with van der Waals surface area (Å²) in [6.07, 6.45) is 2.03. The van der Waals surface area contributed by atoms with Gasteiger partial charge in [-0.1, -0.05) is 0 Å². The van der Waals surface area contributed by atoms with E-state index < -0.39 is 0 Å². The summed E-state index contributed by atoms with van der Waals surface area (Å²) >= 11 is 0. The normalized spacial score (nSPS) is 19.4. The number of piperidine rings is 1. The Bertz CT molecular complexity index is 443. The molecular formula is C16H24N2O2. The molecule has 0 radical (unpaired) electrons. The van der Waals surface area contributed by atoms with Gasteiger partial charge in [0.05, 0.1) is 5.92 Å². The highest BCUT2D eigenvalue weighted by molar-refractivity contribution is 5.92. The van der Waals surface area contributed by atoms with Gasteiger partial charge in [-0.25, -0.2) is 0 Å². The highest BCUT2D eigenvalue weighted by Gasteiger charge is 2.20. The van der Waals surface area contributed by atoms with Crippen LogP contribution in [0.5, 0.6) is 5.75 Å². The van der Waals surface area contributed by atoms with Crippen molar-refractivity contribution in [1.29, 1.82) is 0 Å². The summed E-state index contributed by atoms with van der Waals surface area (Å²) in [5.41, 5.74) is 0.611. The molecule has 0 spiro atoms. The first-order valence-electron chi connectivity index (χ1n) is 7.25. The lowest BCUT2D eigenvalue weighted by molar-refractivity contribution is -0.120. The maximum absolute atomic E-state index is 12.1. The third kappa shape index (κ3) is 4.53. The van der Waals surface area contributed by atoms with Gasteiger partial charge in [-0.3, -0.25) is 4.79 Å². The molecule has 1 unspecified atom stereocenters. The highest BCUT2D eigenvalue weighted by Crippen LogP contribution is 2.21. The number of benzene rings is 1. The van der Waals surface area contributed by atoms with Crippen molar-refractivity contribution in [3.05, 3.63) is 24.3 Å². The van der Waals surface area contributed by atoms with Crippen LogP contribution in [-0.4, -0.2) is 24.6 Å². The third-order valence-corrected chi connectivity index (χ3v) is 3.21. The first-order valence-corrected chi connectivity index (χ1v) is 7.25. The fourth-order valence-electron chi connectivity index (χ4n) is 2.28. The van der Waals surface area contributed by atoms with Crippen molar-refractivity contribution >= 4 is 11.6 Å². The van der Waals surface area contributed by atoms with Crippen molar-refractivity contribution in [3.8, 4) is 5.75 Å². The molecule has 1 atom stereocenters. The van der Waals surface area contributed by atoms with E-state index in [1.54, 1.807) is 0 Å². The van der Waals surface area contributed by atoms with Crippen LogP contribution >= 0.6 is 0 Å². The van der Waals surface area contributed by atoms with E-state index in [0.717, 1.165) is 37.4 Å². The Labute approximate surface area is 120 Å². The van der Waals surface area contributed by atoms with Gasteiger partial charge in [0.25, 0.3) is 0 Å². The van der Waals surface area contributed by atoms with Gasteiger partial charge in [0.2, 0.25) is 5.91 Å². The number of hydrogen-bond acceptors (Lipinski definition) is 3. The predicted molar refractivity (Wildman–Crippen MR) is 81.0 cm³/mol. The van der Waals surface area contributed by atoms with Crippen LogP contribution in [0.1, 0.15) is 33.6 Å². The quantitative estimate of drug-likeness (QED) is 0.892. The van der Waals surface area contributed by atoms with E-state index in [0.29, 0.717) is 0 Å². The van der Waals surface area contributed by atoms with Crippen LogP contribution in [0.15, 0.2) is 24.3 Å². The second-order valence-corrected chi connectivity index (χ2v) is 6.27. The van der Waals surface area contributed by atoms with Crippen LogP contribution in [0.2, 0.25) is 0 Å². The fourth-order valence-corrected chi connectivity index (χ4v) is 2.28. The second kappa shape index (κ2) is 6.27. The number of rotatable bonds is 3. The average Bonchev–Trinajstić information content (AvgIpc) is 2.40. The van der Waals surface area contributed by atoms with Crippen LogP contribution in [-0.2, 0) is 4.79 Å². The zero-order chi connectivity index (χ0) is 14.6. The summed E-state index contributed by atoms with van der Waals surface area (Å²) in [6, 6.07) is 7.55. The van der Waals surface area contributed by atoms with Gasteiger partial charge in [0, 0.05) is 12.2 Å². The van der Waals surface area contributed by atoms with Crippen molar-refractivity contribution in [1.82, 2.24) is 5.32 Å². The summed E-state index contributed by atoms with van der Waals surface area (Å²) < 4.78 is 5.76. The molecule has 0 saturated carbocycles. The molecule has 20 heavy (non-hydrogen) atoms. The standard InChI is InChI=1S/C16H24N2O2/c1-16(2,3)20-14-8-6-13(7-9-14)18-15(19)12-5-4-10-17-11-12/h6-9,12,17H,4-5,10-11H2,1-3H3,(H,18,19). The van der Waals surface area contributed by atoms with E-state index >= 15 is 0 Å². The van der Waals surface area contributed by atoms with Crippen LogP contribution in [0.3, 0.4) is 0 Å². The lowest BCUT2D eigenvalue weighted by atomic mass is 9.99. The molecule has 1 aliphatic rings. The van der Waals surface area contributed by atoms with Crippen LogP contribution in [0.4, 0.5) is 5.69 Å². The van der Waals surface area contributed by atoms with Gasteiger partial charge in [-0.05, 0) is 64.4 Å². The molecule has 1 saturated heterocycles. The monoisotopic (exact) mass is 276 g/mol. The van der Waals surface area contributed by atoms with Gasteiger partial charge < -0.3 is 15.4 Å².